The first-order valence-corrected chi connectivity index (χ1v) is 10.9. The number of nitrogens with zero attached hydrogens (tertiary/aromatic N) is 2. The van der Waals surface area contributed by atoms with Crippen LogP contribution in [0.2, 0.25) is 0 Å². The number of likely N-dealkylation sites (tertiary alicyclic amines) is 1. The summed E-state index contributed by atoms with van der Waals surface area (Å²) in [6.07, 6.45) is 6.61. The molecule has 1 aliphatic carbocycles. The van der Waals surface area contributed by atoms with Crippen LogP contribution in [-0.2, 0) is 9.59 Å². The van der Waals surface area contributed by atoms with Crippen molar-refractivity contribution in [2.24, 2.45) is 0 Å². The van der Waals surface area contributed by atoms with Gasteiger partial charge in [0.15, 0.2) is 0 Å². The third-order valence-corrected chi connectivity index (χ3v) is 6.44. The summed E-state index contributed by atoms with van der Waals surface area (Å²) < 4.78 is 0. The van der Waals surface area contributed by atoms with E-state index in [0.717, 1.165) is 42.9 Å². The first-order valence-electron chi connectivity index (χ1n) is 10.9. The van der Waals surface area contributed by atoms with E-state index in [4.69, 9.17) is 0 Å². The summed E-state index contributed by atoms with van der Waals surface area (Å²) in [6, 6.07) is 18.2. The number of Topliss-reactive ketones (excluding diaryl/α,β-unsaturated/α-hetero) is 1. The summed E-state index contributed by atoms with van der Waals surface area (Å²) in [6.45, 7) is 0. The minimum atomic E-state index is -0.671. The van der Waals surface area contributed by atoms with E-state index >= 15 is 0 Å². The highest BCUT2D eigenvalue weighted by molar-refractivity contribution is 6.46. The lowest BCUT2D eigenvalue weighted by atomic mass is 9.92. The van der Waals surface area contributed by atoms with Crippen LogP contribution in [-0.4, -0.2) is 32.7 Å². The number of rotatable bonds is 3. The monoisotopic (exact) mass is 412 g/mol. The maximum absolute atomic E-state index is 13.2. The van der Waals surface area contributed by atoms with Gasteiger partial charge in [-0.2, -0.15) is 0 Å². The van der Waals surface area contributed by atoms with Gasteiger partial charge in [-0.1, -0.05) is 61.7 Å². The van der Waals surface area contributed by atoms with Gasteiger partial charge in [0.05, 0.1) is 11.3 Å². The SMILES string of the molecule is O=C1C(=O)N(C2CCCCC2)C(c2ccccn2)/C1=C(/O)c1ccc2ccccc2c1. The minimum absolute atomic E-state index is 0.0147. The third-order valence-electron chi connectivity index (χ3n) is 6.44. The standard InChI is InChI=1S/C26H24N2O3/c29-24(19-14-13-17-8-4-5-9-18(17)16-19)22-23(21-12-6-7-15-27-21)28(26(31)25(22)30)20-10-2-1-3-11-20/h4-9,12-16,20,23,29H,1-3,10-11H2/b24-22-. The van der Waals surface area contributed by atoms with E-state index < -0.39 is 17.7 Å². The zero-order valence-electron chi connectivity index (χ0n) is 17.2. The molecule has 1 amide bonds. The molecule has 2 heterocycles. The lowest BCUT2D eigenvalue weighted by Gasteiger charge is -2.35. The van der Waals surface area contributed by atoms with Gasteiger partial charge in [0.1, 0.15) is 11.8 Å². The average molecular weight is 412 g/mol. The molecule has 0 radical (unpaired) electrons. The molecule has 5 nitrogen and oxygen atoms in total. The number of ketones is 1. The van der Waals surface area contributed by atoms with Gasteiger partial charge in [0.2, 0.25) is 0 Å². The van der Waals surface area contributed by atoms with Crippen LogP contribution in [0, 0.1) is 0 Å². The van der Waals surface area contributed by atoms with Crippen molar-refractivity contribution >= 4 is 28.2 Å². The molecule has 156 valence electrons. The first kappa shape index (κ1) is 19.5. The van der Waals surface area contributed by atoms with Gasteiger partial charge >= 0.3 is 0 Å². The Hall–Kier alpha value is -3.47. The largest absolute Gasteiger partial charge is 0.507 e. The van der Waals surface area contributed by atoms with Crippen LogP contribution in [0.15, 0.2) is 72.4 Å². The zero-order chi connectivity index (χ0) is 21.4. The summed E-state index contributed by atoms with van der Waals surface area (Å²) in [5.74, 6) is -1.31. The molecule has 2 aliphatic rings. The molecular formula is C26H24N2O3. The second-order valence-electron chi connectivity index (χ2n) is 8.31. The van der Waals surface area contributed by atoms with E-state index in [-0.39, 0.29) is 17.4 Å². The Bertz CT molecular complexity index is 1180. The molecule has 1 atom stereocenters. The highest BCUT2D eigenvalue weighted by Crippen LogP contribution is 2.42. The lowest BCUT2D eigenvalue weighted by molar-refractivity contribution is -0.141. The number of carbonyl (C=O) groups excluding carboxylic acids is 2. The van der Waals surface area contributed by atoms with Gasteiger partial charge in [0, 0.05) is 17.8 Å². The Morgan fingerprint density at radius 1 is 0.903 bits per heavy atom. The fourth-order valence-electron chi connectivity index (χ4n) is 4.91. The van der Waals surface area contributed by atoms with Crippen molar-refractivity contribution < 1.29 is 14.7 Å². The van der Waals surface area contributed by atoms with E-state index in [2.05, 4.69) is 4.98 Å². The first-order chi connectivity index (χ1) is 15.1. The molecule has 31 heavy (non-hydrogen) atoms. The summed E-state index contributed by atoms with van der Waals surface area (Å²) in [7, 11) is 0. The molecule has 2 aromatic carbocycles. The normalized spacial score (nSPS) is 21.7. The zero-order valence-corrected chi connectivity index (χ0v) is 17.2. The molecule has 3 aromatic rings. The van der Waals surface area contributed by atoms with Crippen LogP contribution >= 0.6 is 0 Å². The molecule has 1 saturated carbocycles. The van der Waals surface area contributed by atoms with Gasteiger partial charge in [-0.3, -0.25) is 14.6 Å². The summed E-state index contributed by atoms with van der Waals surface area (Å²) in [5, 5.41) is 13.3. The molecule has 2 fully saturated rings. The van der Waals surface area contributed by atoms with Crippen LogP contribution in [0.3, 0.4) is 0 Å². The van der Waals surface area contributed by atoms with Crippen molar-refractivity contribution in [3.63, 3.8) is 0 Å². The summed E-state index contributed by atoms with van der Waals surface area (Å²) in [5.41, 5.74) is 1.26. The number of hydrogen-bond acceptors (Lipinski definition) is 4. The van der Waals surface area contributed by atoms with Crippen molar-refractivity contribution in [1.29, 1.82) is 0 Å². The van der Waals surface area contributed by atoms with Crippen LogP contribution in [0.1, 0.15) is 49.4 Å². The Morgan fingerprint density at radius 2 is 1.65 bits per heavy atom. The van der Waals surface area contributed by atoms with Crippen molar-refractivity contribution in [1.82, 2.24) is 9.88 Å². The lowest BCUT2D eigenvalue weighted by Crippen LogP contribution is -2.40. The molecule has 1 unspecified atom stereocenters. The fraction of sp³-hybridized carbons (Fsp3) is 0.269. The predicted octanol–water partition coefficient (Wildman–Crippen LogP) is 4.99. The topological polar surface area (TPSA) is 70.5 Å². The van der Waals surface area contributed by atoms with Gasteiger partial charge < -0.3 is 10.0 Å². The number of fused-ring (bicyclic) bond motifs is 1. The third kappa shape index (κ3) is 3.40. The average Bonchev–Trinajstić information content (AvgIpc) is 3.10. The smallest absolute Gasteiger partial charge is 0.295 e. The molecular weight excluding hydrogens is 388 g/mol. The maximum Gasteiger partial charge on any atom is 0.295 e. The van der Waals surface area contributed by atoms with Gasteiger partial charge in [-0.15, -0.1) is 0 Å². The molecule has 1 aromatic heterocycles. The minimum Gasteiger partial charge on any atom is -0.507 e. The van der Waals surface area contributed by atoms with Crippen LogP contribution in [0.25, 0.3) is 16.5 Å². The second kappa shape index (κ2) is 7.99. The van der Waals surface area contributed by atoms with Gasteiger partial charge in [-0.25, -0.2) is 0 Å². The Kier molecular flexibility index (Phi) is 5.02. The van der Waals surface area contributed by atoms with Crippen LogP contribution in [0.5, 0.6) is 0 Å². The molecule has 1 saturated heterocycles. The Balaban J connectivity index is 1.67. The second-order valence-corrected chi connectivity index (χ2v) is 8.31. The van der Waals surface area contributed by atoms with Crippen LogP contribution in [0.4, 0.5) is 0 Å². The number of aliphatic hydroxyl groups is 1. The highest BCUT2D eigenvalue weighted by atomic mass is 16.3. The Morgan fingerprint density at radius 3 is 2.39 bits per heavy atom. The number of aromatic nitrogens is 1. The molecule has 1 N–H and O–H groups in total. The number of pyridine rings is 1. The van der Waals surface area contributed by atoms with Crippen molar-refractivity contribution in [3.8, 4) is 0 Å². The van der Waals surface area contributed by atoms with E-state index in [9.17, 15) is 14.7 Å². The van der Waals surface area contributed by atoms with E-state index in [1.54, 1.807) is 23.2 Å². The Labute approximate surface area is 181 Å². The summed E-state index contributed by atoms with van der Waals surface area (Å²) in [4.78, 5) is 32.5. The molecule has 5 heteroatoms. The molecule has 0 bridgehead atoms. The van der Waals surface area contributed by atoms with E-state index in [1.807, 2.05) is 48.5 Å². The molecule has 0 spiro atoms. The van der Waals surface area contributed by atoms with Crippen LogP contribution < -0.4 is 0 Å². The quantitative estimate of drug-likeness (QED) is 0.374. The maximum atomic E-state index is 13.2. The predicted molar refractivity (Wildman–Crippen MR) is 119 cm³/mol. The number of amides is 1. The van der Waals surface area contributed by atoms with E-state index in [0.29, 0.717) is 11.3 Å². The number of hydrogen-bond donors (Lipinski definition) is 1. The number of carbonyl (C=O) groups is 2. The van der Waals surface area contributed by atoms with Crippen molar-refractivity contribution in [2.75, 3.05) is 0 Å². The van der Waals surface area contributed by atoms with E-state index in [1.165, 1.54) is 0 Å². The number of benzene rings is 2. The number of aliphatic hydroxyl groups excluding tert-OH is 1. The van der Waals surface area contributed by atoms with Gasteiger partial charge in [-0.05, 0) is 41.8 Å². The molecule has 1 aliphatic heterocycles. The fourth-order valence-corrected chi connectivity index (χ4v) is 4.91. The van der Waals surface area contributed by atoms with Crippen molar-refractivity contribution in [3.05, 3.63) is 83.7 Å². The van der Waals surface area contributed by atoms with Crippen molar-refractivity contribution in [2.45, 2.75) is 44.2 Å². The molecule has 5 rings (SSSR count). The van der Waals surface area contributed by atoms with Gasteiger partial charge in [0.25, 0.3) is 11.7 Å². The summed E-state index contributed by atoms with van der Waals surface area (Å²) >= 11 is 0. The highest BCUT2D eigenvalue weighted by Gasteiger charge is 2.49.